The fourth-order valence-electron chi connectivity index (χ4n) is 1.49. The van der Waals surface area contributed by atoms with E-state index in [1.54, 1.807) is 36.5 Å². The maximum absolute atomic E-state index is 11.0. The highest BCUT2D eigenvalue weighted by atomic mass is 16.5. The van der Waals surface area contributed by atoms with Crippen molar-refractivity contribution in [2.24, 2.45) is 5.73 Å². The number of carbonyl (C=O) groups is 1. The number of ether oxygens (including phenoxy) is 1. The molecule has 0 aliphatic carbocycles. The second kappa shape index (κ2) is 4.75. The van der Waals surface area contributed by atoms with Crippen molar-refractivity contribution in [1.29, 1.82) is 0 Å². The number of aromatic nitrogens is 1. The molecule has 5 heteroatoms. The normalized spacial score (nSPS) is 10.1. The number of amides is 1. The van der Waals surface area contributed by atoms with Crippen LogP contribution in [-0.2, 0) is 0 Å². The molecule has 4 N–H and O–H groups in total. The van der Waals surface area contributed by atoms with Gasteiger partial charge in [-0.15, -0.1) is 0 Å². The molecule has 0 radical (unpaired) electrons. The lowest BCUT2D eigenvalue weighted by atomic mass is 10.2. The highest BCUT2D eigenvalue weighted by Crippen LogP contribution is 2.25. The van der Waals surface area contributed by atoms with Crippen LogP contribution < -0.4 is 16.2 Å². The standard InChI is InChI=1S/C13H13N3O2/c1-8-5-11(14)13(16-7-8)18-10-4-2-3-9(6-10)12(15)17/h2-7H,14H2,1H3,(H2,15,17). The molecule has 92 valence electrons. The average molecular weight is 243 g/mol. The van der Waals surface area contributed by atoms with Crippen molar-refractivity contribution >= 4 is 11.6 Å². The van der Waals surface area contributed by atoms with Crippen molar-refractivity contribution in [3.63, 3.8) is 0 Å². The molecule has 2 aromatic rings. The molecule has 18 heavy (non-hydrogen) atoms. The summed E-state index contributed by atoms with van der Waals surface area (Å²) in [6, 6.07) is 8.30. The molecule has 0 saturated heterocycles. The highest BCUT2D eigenvalue weighted by Gasteiger charge is 2.06. The lowest BCUT2D eigenvalue weighted by Gasteiger charge is -2.08. The number of benzene rings is 1. The van der Waals surface area contributed by atoms with Gasteiger partial charge in [-0.2, -0.15) is 0 Å². The lowest BCUT2D eigenvalue weighted by Crippen LogP contribution is -2.10. The third-order valence-corrected chi connectivity index (χ3v) is 2.35. The lowest BCUT2D eigenvalue weighted by molar-refractivity contribution is 0.1000. The van der Waals surface area contributed by atoms with Crippen molar-refractivity contribution in [2.75, 3.05) is 5.73 Å². The van der Waals surface area contributed by atoms with Crippen LogP contribution >= 0.6 is 0 Å². The number of nitrogens with zero attached hydrogens (tertiary/aromatic N) is 1. The van der Waals surface area contributed by atoms with Crippen molar-refractivity contribution in [3.05, 3.63) is 47.7 Å². The fourth-order valence-corrected chi connectivity index (χ4v) is 1.49. The number of anilines is 1. The van der Waals surface area contributed by atoms with Gasteiger partial charge in [-0.25, -0.2) is 4.98 Å². The third-order valence-electron chi connectivity index (χ3n) is 2.35. The quantitative estimate of drug-likeness (QED) is 0.860. The Morgan fingerprint density at radius 2 is 2.11 bits per heavy atom. The van der Waals surface area contributed by atoms with E-state index in [0.717, 1.165) is 5.56 Å². The van der Waals surface area contributed by atoms with Gasteiger partial charge < -0.3 is 16.2 Å². The van der Waals surface area contributed by atoms with E-state index in [9.17, 15) is 4.79 Å². The predicted octanol–water partition coefficient (Wildman–Crippen LogP) is 1.86. The van der Waals surface area contributed by atoms with Crippen LogP contribution in [0.1, 0.15) is 15.9 Å². The molecular formula is C13H13N3O2. The van der Waals surface area contributed by atoms with Gasteiger partial charge in [0.15, 0.2) is 0 Å². The summed E-state index contributed by atoms with van der Waals surface area (Å²) >= 11 is 0. The van der Waals surface area contributed by atoms with Gasteiger partial charge in [0.2, 0.25) is 11.8 Å². The molecule has 1 aromatic carbocycles. The van der Waals surface area contributed by atoms with Crippen molar-refractivity contribution in [2.45, 2.75) is 6.92 Å². The van der Waals surface area contributed by atoms with E-state index >= 15 is 0 Å². The van der Waals surface area contributed by atoms with Gasteiger partial charge in [0.1, 0.15) is 5.75 Å². The van der Waals surface area contributed by atoms with E-state index in [4.69, 9.17) is 16.2 Å². The number of rotatable bonds is 3. The first-order chi connectivity index (χ1) is 8.56. The zero-order valence-electron chi connectivity index (χ0n) is 9.88. The minimum absolute atomic E-state index is 0.308. The van der Waals surface area contributed by atoms with Crippen LogP contribution in [0.3, 0.4) is 0 Å². The summed E-state index contributed by atoms with van der Waals surface area (Å²) in [6.07, 6.45) is 1.66. The minimum atomic E-state index is -0.509. The SMILES string of the molecule is Cc1cnc(Oc2cccc(C(N)=O)c2)c(N)c1. The molecule has 5 nitrogen and oxygen atoms in total. The number of aryl methyl sites for hydroxylation is 1. The average Bonchev–Trinajstić information content (AvgIpc) is 2.33. The molecular weight excluding hydrogens is 230 g/mol. The van der Waals surface area contributed by atoms with Crippen LogP contribution in [0.2, 0.25) is 0 Å². The largest absolute Gasteiger partial charge is 0.437 e. The van der Waals surface area contributed by atoms with E-state index in [-0.39, 0.29) is 0 Å². The maximum atomic E-state index is 11.0. The second-order valence-corrected chi connectivity index (χ2v) is 3.90. The Bertz CT molecular complexity index is 597. The molecule has 0 aliphatic rings. The molecule has 0 atom stereocenters. The summed E-state index contributed by atoms with van der Waals surface area (Å²) in [4.78, 5) is 15.1. The van der Waals surface area contributed by atoms with Crippen molar-refractivity contribution in [1.82, 2.24) is 4.98 Å². The first-order valence-electron chi connectivity index (χ1n) is 5.36. The van der Waals surface area contributed by atoms with Gasteiger partial charge in [0, 0.05) is 11.8 Å². The van der Waals surface area contributed by atoms with Crippen LogP contribution in [-0.4, -0.2) is 10.9 Å². The summed E-state index contributed by atoms with van der Waals surface area (Å²) in [5, 5.41) is 0. The van der Waals surface area contributed by atoms with Crippen molar-refractivity contribution in [3.8, 4) is 11.6 Å². The molecule has 0 bridgehead atoms. The van der Waals surface area contributed by atoms with Crippen LogP contribution in [0.15, 0.2) is 36.5 Å². The molecule has 0 fully saturated rings. The Balaban J connectivity index is 2.28. The molecule has 1 heterocycles. The summed E-state index contributed by atoms with van der Waals surface area (Å²) in [6.45, 7) is 1.89. The van der Waals surface area contributed by atoms with E-state index < -0.39 is 5.91 Å². The Morgan fingerprint density at radius 3 is 2.78 bits per heavy atom. The number of carbonyl (C=O) groups excluding carboxylic acids is 1. The van der Waals surface area contributed by atoms with E-state index in [1.807, 2.05) is 6.92 Å². The fraction of sp³-hybridized carbons (Fsp3) is 0.0769. The molecule has 1 amide bonds. The van der Waals surface area contributed by atoms with E-state index in [0.29, 0.717) is 22.9 Å². The number of nitrogen functional groups attached to an aromatic ring is 1. The van der Waals surface area contributed by atoms with Gasteiger partial charge in [-0.3, -0.25) is 4.79 Å². The Hall–Kier alpha value is -2.56. The monoisotopic (exact) mass is 243 g/mol. The molecule has 0 unspecified atom stereocenters. The number of hydrogen-bond acceptors (Lipinski definition) is 4. The highest BCUT2D eigenvalue weighted by molar-refractivity contribution is 5.93. The van der Waals surface area contributed by atoms with E-state index in [2.05, 4.69) is 4.98 Å². The smallest absolute Gasteiger partial charge is 0.248 e. The summed E-state index contributed by atoms with van der Waals surface area (Å²) < 4.78 is 5.51. The zero-order chi connectivity index (χ0) is 13.1. The molecule has 0 aliphatic heterocycles. The molecule has 1 aromatic heterocycles. The first-order valence-corrected chi connectivity index (χ1v) is 5.36. The Morgan fingerprint density at radius 1 is 1.33 bits per heavy atom. The Kier molecular flexibility index (Phi) is 3.14. The molecule has 0 saturated carbocycles. The number of pyridine rings is 1. The van der Waals surface area contributed by atoms with Gasteiger partial charge in [-0.1, -0.05) is 6.07 Å². The second-order valence-electron chi connectivity index (χ2n) is 3.90. The van der Waals surface area contributed by atoms with Crippen LogP contribution in [0.5, 0.6) is 11.6 Å². The third kappa shape index (κ3) is 2.57. The molecule has 0 spiro atoms. The minimum Gasteiger partial charge on any atom is -0.437 e. The molecule has 2 rings (SSSR count). The topological polar surface area (TPSA) is 91.2 Å². The van der Waals surface area contributed by atoms with Crippen LogP contribution in [0, 0.1) is 6.92 Å². The van der Waals surface area contributed by atoms with Gasteiger partial charge in [0.05, 0.1) is 5.69 Å². The van der Waals surface area contributed by atoms with Crippen molar-refractivity contribution < 1.29 is 9.53 Å². The first kappa shape index (κ1) is 11.9. The summed E-state index contributed by atoms with van der Waals surface area (Å²) in [5.74, 6) is 0.266. The Labute approximate surface area is 104 Å². The number of hydrogen-bond donors (Lipinski definition) is 2. The maximum Gasteiger partial charge on any atom is 0.248 e. The van der Waals surface area contributed by atoms with Gasteiger partial charge in [0.25, 0.3) is 0 Å². The predicted molar refractivity (Wildman–Crippen MR) is 68.4 cm³/mol. The zero-order valence-corrected chi connectivity index (χ0v) is 9.88. The summed E-state index contributed by atoms with van der Waals surface area (Å²) in [5.41, 5.74) is 12.7. The van der Waals surface area contributed by atoms with Gasteiger partial charge >= 0.3 is 0 Å². The van der Waals surface area contributed by atoms with Crippen LogP contribution in [0.4, 0.5) is 5.69 Å². The van der Waals surface area contributed by atoms with Gasteiger partial charge in [-0.05, 0) is 36.8 Å². The summed E-state index contributed by atoms with van der Waals surface area (Å²) in [7, 11) is 0. The number of primary amides is 1. The van der Waals surface area contributed by atoms with Crippen LogP contribution in [0.25, 0.3) is 0 Å². The number of nitrogens with two attached hydrogens (primary N) is 2. The van der Waals surface area contributed by atoms with E-state index in [1.165, 1.54) is 0 Å².